The fraction of sp³-hybridized carbons (Fsp3) is 0.414. The number of methoxy groups -OCH3 is 1. The summed E-state index contributed by atoms with van der Waals surface area (Å²) < 4.78 is 17.6. The van der Waals surface area contributed by atoms with Crippen LogP contribution in [0.3, 0.4) is 0 Å². The van der Waals surface area contributed by atoms with E-state index in [0.717, 1.165) is 12.0 Å². The molecule has 4 rings (SSSR count). The predicted octanol–water partition coefficient (Wildman–Crippen LogP) is 4.11. The number of allylic oxidation sites excluding steroid dienone is 5. The van der Waals surface area contributed by atoms with Gasteiger partial charge in [0.2, 0.25) is 11.5 Å². The highest BCUT2D eigenvalue weighted by atomic mass is 16.7. The Bertz CT molecular complexity index is 1310. The molecular formula is C29H34O8. The van der Waals surface area contributed by atoms with E-state index >= 15 is 0 Å². The Kier molecular flexibility index (Phi) is 6.88. The number of carbonyl (C=O) groups is 1. The smallest absolute Gasteiger partial charge is 0.274 e. The van der Waals surface area contributed by atoms with Gasteiger partial charge in [0.1, 0.15) is 12.4 Å². The van der Waals surface area contributed by atoms with Gasteiger partial charge in [-0.15, -0.1) is 0 Å². The van der Waals surface area contributed by atoms with Gasteiger partial charge in [-0.1, -0.05) is 38.0 Å². The number of hydrogen-bond donors (Lipinski definition) is 4. The Morgan fingerprint density at radius 2 is 1.97 bits per heavy atom. The SMILES string of the molecule is CCC(C)/C=C(C)/C=C/C1=CC2=C(CO1)C(=O)[C@@](C)(O)[C@]1(OC)Oc3c(O)c(O)c(C)c(CO)c3C=C21. The average molecular weight is 511 g/mol. The molecular weight excluding hydrogens is 476 g/mol. The second-order valence-electron chi connectivity index (χ2n) is 9.94. The molecule has 2 aliphatic heterocycles. The van der Waals surface area contributed by atoms with Crippen LogP contribution in [0.5, 0.6) is 17.2 Å². The third-order valence-corrected chi connectivity index (χ3v) is 7.50. The molecule has 0 aromatic heterocycles. The Hall–Kier alpha value is -3.33. The maximum absolute atomic E-state index is 13.5. The van der Waals surface area contributed by atoms with E-state index < -0.39 is 35.3 Å². The Labute approximate surface area is 216 Å². The minimum atomic E-state index is -2.20. The molecule has 1 unspecified atom stereocenters. The number of benzene rings is 1. The number of fused-ring (bicyclic) bond motifs is 3. The summed E-state index contributed by atoms with van der Waals surface area (Å²) in [5.74, 6) is -2.97. The number of aliphatic hydroxyl groups excluding tert-OH is 1. The molecule has 1 aromatic carbocycles. The van der Waals surface area contributed by atoms with Crippen LogP contribution in [0.4, 0.5) is 0 Å². The second kappa shape index (κ2) is 9.52. The molecule has 4 N–H and O–H groups in total. The van der Waals surface area contributed by atoms with Gasteiger partial charge >= 0.3 is 0 Å². The third kappa shape index (κ3) is 4.00. The number of hydrogen-bond acceptors (Lipinski definition) is 8. The molecule has 0 saturated heterocycles. The lowest BCUT2D eigenvalue weighted by atomic mass is 9.70. The number of Topliss-reactive ketones (excluding diaryl/α,β-unsaturated/α-hetero) is 1. The first-order valence-electron chi connectivity index (χ1n) is 12.3. The maximum atomic E-state index is 13.5. The molecule has 3 atom stereocenters. The predicted molar refractivity (Wildman–Crippen MR) is 138 cm³/mol. The van der Waals surface area contributed by atoms with E-state index in [9.17, 15) is 25.2 Å². The fourth-order valence-electron chi connectivity index (χ4n) is 5.07. The molecule has 2 heterocycles. The van der Waals surface area contributed by atoms with E-state index in [4.69, 9.17) is 14.2 Å². The molecule has 0 bridgehead atoms. The van der Waals surface area contributed by atoms with Crippen molar-refractivity contribution in [1.29, 1.82) is 0 Å². The largest absolute Gasteiger partial charge is 0.504 e. The number of ketones is 1. The van der Waals surface area contributed by atoms with E-state index in [1.165, 1.54) is 14.0 Å². The minimum Gasteiger partial charge on any atom is -0.504 e. The van der Waals surface area contributed by atoms with E-state index in [0.29, 0.717) is 34.0 Å². The number of ether oxygens (including phenoxy) is 3. The van der Waals surface area contributed by atoms with Crippen molar-refractivity contribution in [3.05, 3.63) is 69.0 Å². The minimum absolute atomic E-state index is 0.0642. The number of phenols is 2. The van der Waals surface area contributed by atoms with Crippen molar-refractivity contribution in [2.24, 2.45) is 5.92 Å². The first kappa shape index (κ1) is 26.7. The monoisotopic (exact) mass is 510 g/mol. The topological polar surface area (TPSA) is 126 Å². The first-order chi connectivity index (χ1) is 17.4. The van der Waals surface area contributed by atoms with Crippen LogP contribution in [0.15, 0.2) is 52.4 Å². The highest BCUT2D eigenvalue weighted by molar-refractivity contribution is 6.08. The van der Waals surface area contributed by atoms with Crippen LogP contribution in [-0.2, 0) is 20.9 Å². The third-order valence-electron chi connectivity index (χ3n) is 7.50. The number of aromatic hydroxyl groups is 2. The molecule has 0 saturated carbocycles. The zero-order chi connectivity index (χ0) is 27.3. The molecule has 0 radical (unpaired) electrons. The van der Waals surface area contributed by atoms with Gasteiger partial charge in [-0.05, 0) is 56.1 Å². The zero-order valence-electron chi connectivity index (χ0n) is 22.0. The van der Waals surface area contributed by atoms with Gasteiger partial charge in [-0.3, -0.25) is 4.79 Å². The average Bonchev–Trinajstić information content (AvgIpc) is 2.89. The zero-order valence-corrected chi connectivity index (χ0v) is 22.0. The second-order valence-corrected chi connectivity index (χ2v) is 9.94. The van der Waals surface area contributed by atoms with Crippen molar-refractivity contribution < 1.29 is 39.4 Å². The summed E-state index contributed by atoms with van der Waals surface area (Å²) in [6.45, 7) is 8.61. The fourth-order valence-corrected chi connectivity index (χ4v) is 5.07. The van der Waals surface area contributed by atoms with Gasteiger partial charge in [0.05, 0.1) is 6.61 Å². The number of aliphatic hydroxyl groups is 2. The van der Waals surface area contributed by atoms with E-state index in [-0.39, 0.29) is 23.5 Å². The Balaban J connectivity index is 1.94. The molecule has 0 fully saturated rings. The first-order valence-corrected chi connectivity index (χ1v) is 12.3. The van der Waals surface area contributed by atoms with E-state index in [1.807, 2.05) is 19.1 Å². The summed E-state index contributed by atoms with van der Waals surface area (Å²) in [5, 5.41) is 42.7. The molecule has 3 aliphatic rings. The van der Waals surface area contributed by atoms with Crippen LogP contribution >= 0.6 is 0 Å². The van der Waals surface area contributed by atoms with Crippen LogP contribution in [0.1, 0.15) is 50.8 Å². The van der Waals surface area contributed by atoms with Crippen LogP contribution < -0.4 is 4.74 Å². The summed E-state index contributed by atoms with van der Waals surface area (Å²) in [4.78, 5) is 13.5. The molecule has 37 heavy (non-hydrogen) atoms. The number of phenolic OH excluding ortho intramolecular Hbond substituents is 2. The van der Waals surface area contributed by atoms with Crippen molar-refractivity contribution in [2.45, 2.75) is 59.0 Å². The highest BCUT2D eigenvalue weighted by Gasteiger charge is 2.64. The van der Waals surface area contributed by atoms with E-state index in [1.54, 1.807) is 19.1 Å². The highest BCUT2D eigenvalue weighted by Crippen LogP contribution is 2.56. The van der Waals surface area contributed by atoms with Gasteiger partial charge in [0.25, 0.3) is 5.79 Å². The number of rotatable bonds is 6. The summed E-state index contributed by atoms with van der Waals surface area (Å²) in [6.07, 6.45) is 10.3. The lowest BCUT2D eigenvalue weighted by Gasteiger charge is -2.50. The van der Waals surface area contributed by atoms with Crippen molar-refractivity contribution in [3.63, 3.8) is 0 Å². The van der Waals surface area contributed by atoms with Gasteiger partial charge in [-0.25, -0.2) is 0 Å². The molecule has 8 nitrogen and oxygen atoms in total. The summed E-state index contributed by atoms with van der Waals surface area (Å²) in [5.41, 5.74) is 0.866. The van der Waals surface area contributed by atoms with Crippen molar-refractivity contribution >= 4 is 11.9 Å². The van der Waals surface area contributed by atoms with Gasteiger partial charge < -0.3 is 34.6 Å². The van der Waals surface area contributed by atoms with Crippen molar-refractivity contribution in [1.82, 2.24) is 0 Å². The standard InChI is InChI=1S/C29H34O8/c1-7-15(2)10-16(3)8-9-18-11-19-22(14-36-18)27(33)28(5,34)29(35-6)23(19)12-20-21(13-30)17(4)24(31)25(32)26(20)37-29/h8-12,15,30-32,34H,7,13-14H2,1-6H3/b9-8+,16-10+/t15?,28-,29-/m1/s1. The van der Waals surface area contributed by atoms with Crippen molar-refractivity contribution in [3.8, 4) is 17.2 Å². The van der Waals surface area contributed by atoms with Crippen LogP contribution in [-0.4, -0.2) is 51.3 Å². The van der Waals surface area contributed by atoms with Crippen LogP contribution in [0.25, 0.3) is 6.08 Å². The number of carbonyl (C=O) groups excluding carboxylic acids is 1. The van der Waals surface area contributed by atoms with E-state index in [2.05, 4.69) is 19.9 Å². The summed E-state index contributed by atoms with van der Waals surface area (Å²) >= 11 is 0. The lowest BCUT2D eigenvalue weighted by molar-refractivity contribution is -0.236. The molecule has 198 valence electrons. The molecule has 0 amide bonds. The summed E-state index contributed by atoms with van der Waals surface area (Å²) in [7, 11) is 1.29. The normalized spacial score (nSPS) is 26.1. The van der Waals surface area contributed by atoms with Gasteiger partial charge in [-0.2, -0.15) is 0 Å². The van der Waals surface area contributed by atoms with Gasteiger partial charge in [0.15, 0.2) is 17.1 Å². The molecule has 1 aliphatic carbocycles. The van der Waals surface area contributed by atoms with Gasteiger partial charge in [0, 0.05) is 29.4 Å². The molecule has 0 spiro atoms. The van der Waals surface area contributed by atoms with Crippen molar-refractivity contribution in [2.75, 3.05) is 13.7 Å². The Morgan fingerprint density at radius 1 is 1.27 bits per heavy atom. The molecule has 1 aromatic rings. The quantitative estimate of drug-likeness (QED) is 0.333. The van der Waals surface area contributed by atoms with Crippen LogP contribution in [0, 0.1) is 12.8 Å². The van der Waals surface area contributed by atoms with Crippen LogP contribution in [0.2, 0.25) is 0 Å². The molecule has 8 heteroatoms. The Morgan fingerprint density at radius 3 is 2.59 bits per heavy atom. The maximum Gasteiger partial charge on any atom is 0.274 e. The lowest BCUT2D eigenvalue weighted by Crippen LogP contribution is -2.66. The summed E-state index contributed by atoms with van der Waals surface area (Å²) in [6, 6.07) is 0.